The van der Waals surface area contributed by atoms with Crippen LogP contribution in [-0.4, -0.2) is 58.0 Å². The molecule has 3 aromatic rings. The lowest BCUT2D eigenvalue weighted by Crippen LogP contribution is -2.53. The lowest BCUT2D eigenvalue weighted by molar-refractivity contribution is -0.140. The van der Waals surface area contributed by atoms with Crippen LogP contribution in [0.3, 0.4) is 0 Å². The van der Waals surface area contributed by atoms with Crippen LogP contribution in [0.25, 0.3) is 0 Å². The number of carbonyl (C=O) groups is 2. The number of anilines is 1. The lowest BCUT2D eigenvalue weighted by Gasteiger charge is -2.34. The van der Waals surface area contributed by atoms with Gasteiger partial charge in [0.25, 0.3) is 10.0 Å². The van der Waals surface area contributed by atoms with Gasteiger partial charge >= 0.3 is 0 Å². The summed E-state index contributed by atoms with van der Waals surface area (Å²) >= 11 is 12.6. The van der Waals surface area contributed by atoms with Gasteiger partial charge in [0, 0.05) is 28.7 Å². The molecule has 4 rings (SSSR count). The smallest absolute Gasteiger partial charge is 0.264 e. The predicted octanol–water partition coefficient (Wildman–Crippen LogP) is 6.07. The van der Waals surface area contributed by atoms with Crippen LogP contribution in [-0.2, 0) is 26.2 Å². The molecule has 0 heterocycles. The first-order chi connectivity index (χ1) is 21.1. The molecule has 9 nitrogen and oxygen atoms in total. The Labute approximate surface area is 269 Å². The summed E-state index contributed by atoms with van der Waals surface area (Å²) in [5.41, 5.74) is 0.856. The number of hydrogen-bond acceptors (Lipinski definition) is 6. The number of nitrogens with zero attached hydrogens (tertiary/aromatic N) is 2. The highest BCUT2D eigenvalue weighted by Gasteiger charge is 2.35. The van der Waals surface area contributed by atoms with Crippen molar-refractivity contribution in [2.24, 2.45) is 0 Å². The molecule has 1 aliphatic carbocycles. The summed E-state index contributed by atoms with van der Waals surface area (Å²) in [6.07, 6.45) is 4.16. The number of hydrogen-bond donors (Lipinski definition) is 1. The average molecular weight is 663 g/mol. The van der Waals surface area contributed by atoms with Crippen LogP contribution in [0.1, 0.15) is 44.6 Å². The molecular formula is C32H37Cl2N3O6S. The molecule has 12 heteroatoms. The van der Waals surface area contributed by atoms with Crippen LogP contribution in [0, 0.1) is 0 Å². The van der Waals surface area contributed by atoms with Crippen molar-refractivity contribution in [3.63, 3.8) is 0 Å². The van der Waals surface area contributed by atoms with Gasteiger partial charge in [-0.25, -0.2) is 8.42 Å². The van der Waals surface area contributed by atoms with Gasteiger partial charge in [-0.05, 0) is 67.3 Å². The minimum atomic E-state index is -4.32. The summed E-state index contributed by atoms with van der Waals surface area (Å²) in [5.74, 6) is -0.283. The zero-order valence-electron chi connectivity index (χ0n) is 25.0. The number of ether oxygens (including phenoxy) is 2. The average Bonchev–Trinajstić information content (AvgIpc) is 3.53. The molecule has 1 atom stereocenters. The molecule has 1 saturated carbocycles. The summed E-state index contributed by atoms with van der Waals surface area (Å²) in [7, 11) is -1.47. The monoisotopic (exact) mass is 661 g/mol. The van der Waals surface area contributed by atoms with E-state index in [1.54, 1.807) is 36.4 Å². The van der Waals surface area contributed by atoms with Gasteiger partial charge in [-0.3, -0.25) is 13.9 Å². The van der Waals surface area contributed by atoms with Crippen molar-refractivity contribution in [1.82, 2.24) is 10.2 Å². The number of halogens is 2. The number of methoxy groups -OCH3 is 2. The molecule has 0 aliphatic heterocycles. The Kier molecular flexibility index (Phi) is 11.4. The van der Waals surface area contributed by atoms with Crippen LogP contribution in [0.15, 0.2) is 71.6 Å². The topological polar surface area (TPSA) is 105 Å². The lowest BCUT2D eigenvalue weighted by atomic mass is 10.1. The molecule has 1 aliphatic rings. The van der Waals surface area contributed by atoms with Gasteiger partial charge in [-0.15, -0.1) is 0 Å². The van der Waals surface area contributed by atoms with Gasteiger partial charge in [0.05, 0.1) is 24.8 Å². The SMILES string of the molecule is CC[C@H](C(=O)NC1CCCC1)N(Cc1ccccc1Cl)C(=O)CN(c1ccc(Cl)cc1)S(=O)(=O)c1ccc(OC)c(OC)c1. The van der Waals surface area contributed by atoms with Gasteiger partial charge < -0.3 is 19.7 Å². The van der Waals surface area contributed by atoms with E-state index in [4.69, 9.17) is 32.7 Å². The van der Waals surface area contributed by atoms with Crippen molar-refractivity contribution < 1.29 is 27.5 Å². The fraction of sp³-hybridized carbons (Fsp3) is 0.375. The first-order valence-corrected chi connectivity index (χ1v) is 16.6. The second-order valence-electron chi connectivity index (χ2n) is 10.5. The zero-order valence-corrected chi connectivity index (χ0v) is 27.3. The van der Waals surface area contributed by atoms with Gasteiger partial charge in [0.2, 0.25) is 11.8 Å². The Bertz CT molecular complexity index is 1560. The highest BCUT2D eigenvalue weighted by Crippen LogP contribution is 2.33. The van der Waals surface area contributed by atoms with E-state index in [-0.39, 0.29) is 34.8 Å². The number of sulfonamides is 1. The van der Waals surface area contributed by atoms with E-state index in [9.17, 15) is 18.0 Å². The number of amides is 2. The molecule has 0 aromatic heterocycles. The maximum atomic E-state index is 14.3. The molecule has 236 valence electrons. The Hall–Kier alpha value is -3.47. The fourth-order valence-electron chi connectivity index (χ4n) is 5.34. The van der Waals surface area contributed by atoms with Crippen molar-refractivity contribution in [1.29, 1.82) is 0 Å². The molecule has 1 fully saturated rings. The number of benzene rings is 3. The summed E-state index contributed by atoms with van der Waals surface area (Å²) in [5, 5.41) is 3.93. The van der Waals surface area contributed by atoms with Crippen molar-refractivity contribution in [2.45, 2.75) is 62.6 Å². The molecule has 0 bridgehead atoms. The first-order valence-electron chi connectivity index (χ1n) is 14.4. The second-order valence-corrected chi connectivity index (χ2v) is 13.2. The van der Waals surface area contributed by atoms with Crippen LogP contribution in [0.4, 0.5) is 5.69 Å². The first kappa shape index (κ1) is 33.4. The van der Waals surface area contributed by atoms with Crippen LogP contribution >= 0.6 is 23.2 Å². The minimum Gasteiger partial charge on any atom is -0.493 e. The fourth-order valence-corrected chi connectivity index (χ4v) is 7.09. The molecule has 3 aromatic carbocycles. The van der Waals surface area contributed by atoms with E-state index in [1.165, 1.54) is 49.5 Å². The Morgan fingerprint density at radius 3 is 2.23 bits per heavy atom. The van der Waals surface area contributed by atoms with Crippen LogP contribution in [0.5, 0.6) is 11.5 Å². The third-order valence-electron chi connectivity index (χ3n) is 7.72. The summed E-state index contributed by atoms with van der Waals surface area (Å²) in [6.45, 7) is 1.25. The van der Waals surface area contributed by atoms with E-state index in [0.717, 1.165) is 30.0 Å². The molecule has 0 unspecified atom stereocenters. The third-order valence-corrected chi connectivity index (χ3v) is 10.1. The minimum absolute atomic E-state index is 0.0139. The van der Waals surface area contributed by atoms with Gasteiger partial charge in [0.1, 0.15) is 12.6 Å². The van der Waals surface area contributed by atoms with Crippen molar-refractivity contribution in [2.75, 3.05) is 25.1 Å². The van der Waals surface area contributed by atoms with E-state index >= 15 is 0 Å². The zero-order chi connectivity index (χ0) is 31.9. The number of carbonyl (C=O) groups excluding carboxylic acids is 2. The molecule has 1 N–H and O–H groups in total. The standard InChI is InChI=1S/C32H37Cl2N3O6S/c1-4-28(32(39)35-24-10-6-7-11-24)36(20-22-9-5-8-12-27(22)34)31(38)21-37(25-15-13-23(33)14-16-25)44(40,41)26-17-18-29(42-2)30(19-26)43-3/h5,8-9,12-19,24,28H,4,6-7,10-11,20-21H2,1-3H3,(H,35,39)/t28-/m1/s1. The van der Waals surface area contributed by atoms with Gasteiger partial charge in [-0.2, -0.15) is 0 Å². The maximum absolute atomic E-state index is 14.3. The molecule has 44 heavy (non-hydrogen) atoms. The number of nitrogens with one attached hydrogen (secondary N) is 1. The second kappa shape index (κ2) is 15.0. The van der Waals surface area contributed by atoms with Crippen LogP contribution in [0.2, 0.25) is 10.0 Å². The third kappa shape index (κ3) is 7.78. The van der Waals surface area contributed by atoms with Crippen molar-refractivity contribution in [3.8, 4) is 11.5 Å². The molecule has 0 saturated heterocycles. The Morgan fingerprint density at radius 1 is 0.955 bits per heavy atom. The summed E-state index contributed by atoms with van der Waals surface area (Å²) in [6, 6.07) is 16.6. The quantitative estimate of drug-likeness (QED) is 0.238. The van der Waals surface area contributed by atoms with E-state index in [1.807, 2.05) is 6.92 Å². The highest BCUT2D eigenvalue weighted by atomic mass is 35.5. The van der Waals surface area contributed by atoms with E-state index in [2.05, 4.69) is 5.32 Å². The Balaban J connectivity index is 1.75. The van der Waals surface area contributed by atoms with Gasteiger partial charge in [0.15, 0.2) is 11.5 Å². The van der Waals surface area contributed by atoms with E-state index < -0.39 is 28.5 Å². The Morgan fingerprint density at radius 2 is 1.61 bits per heavy atom. The van der Waals surface area contributed by atoms with Gasteiger partial charge in [-0.1, -0.05) is 61.2 Å². The van der Waals surface area contributed by atoms with Crippen molar-refractivity contribution >= 4 is 50.7 Å². The largest absolute Gasteiger partial charge is 0.493 e. The normalized spacial score (nSPS) is 14.1. The molecular weight excluding hydrogens is 625 g/mol. The van der Waals surface area contributed by atoms with E-state index in [0.29, 0.717) is 27.8 Å². The number of rotatable bonds is 13. The predicted molar refractivity (Wildman–Crippen MR) is 172 cm³/mol. The highest BCUT2D eigenvalue weighted by molar-refractivity contribution is 7.92. The van der Waals surface area contributed by atoms with Crippen LogP contribution < -0.4 is 19.1 Å². The summed E-state index contributed by atoms with van der Waals surface area (Å²) < 4.78 is 40.0. The summed E-state index contributed by atoms with van der Waals surface area (Å²) in [4.78, 5) is 29.2. The molecule has 2 amide bonds. The molecule has 0 radical (unpaired) electrons. The maximum Gasteiger partial charge on any atom is 0.264 e. The van der Waals surface area contributed by atoms with Crippen molar-refractivity contribution in [3.05, 3.63) is 82.3 Å². The molecule has 0 spiro atoms.